The summed E-state index contributed by atoms with van der Waals surface area (Å²) >= 11 is 0. The van der Waals surface area contributed by atoms with E-state index in [0.29, 0.717) is 16.7 Å². The van der Waals surface area contributed by atoms with Crippen LogP contribution in [-0.2, 0) is 25.7 Å². The number of hydrogen-bond donors (Lipinski definition) is 5. The normalized spacial score (nSPS) is 18.9. The number of rotatable bonds is 11. The molecule has 1 heterocycles. The zero-order valence-corrected chi connectivity index (χ0v) is 19.2. The van der Waals surface area contributed by atoms with Crippen LogP contribution in [0.15, 0.2) is 35.3 Å². The van der Waals surface area contributed by atoms with E-state index >= 15 is 0 Å². The lowest BCUT2D eigenvalue weighted by Crippen LogP contribution is -2.56. The molecule has 1 aliphatic rings. The van der Waals surface area contributed by atoms with Crippen LogP contribution in [0.4, 0.5) is 4.79 Å². The van der Waals surface area contributed by atoms with Gasteiger partial charge in [0.2, 0.25) is 5.91 Å². The van der Waals surface area contributed by atoms with Crippen molar-refractivity contribution in [3.63, 3.8) is 0 Å². The Labute approximate surface area is 202 Å². The van der Waals surface area contributed by atoms with Crippen molar-refractivity contribution < 1.29 is 34.1 Å². The van der Waals surface area contributed by atoms with Gasteiger partial charge in [0.25, 0.3) is 5.91 Å². The van der Waals surface area contributed by atoms with Crippen LogP contribution in [-0.4, -0.2) is 94.1 Å². The van der Waals surface area contributed by atoms with E-state index in [4.69, 9.17) is 21.9 Å². The second-order valence-electron chi connectivity index (χ2n) is 8.09. The molecule has 8 N–H and O–H groups in total. The number of aliphatic hydroxyl groups is 2. The number of aliphatic imine (C=N–C) groups is 1. The smallest absolute Gasteiger partial charge is 0.417 e. The van der Waals surface area contributed by atoms with Crippen LogP contribution >= 0.6 is 0 Å². The molecule has 3 amide bonds. The zero-order chi connectivity index (χ0) is 26.0. The summed E-state index contributed by atoms with van der Waals surface area (Å²) in [5, 5.41) is 19.4. The average molecular weight is 493 g/mol. The highest BCUT2D eigenvalue weighted by atomic mass is 16.6. The number of imide groups is 1. The summed E-state index contributed by atoms with van der Waals surface area (Å²) in [6.45, 7) is -0.886. The van der Waals surface area contributed by atoms with Gasteiger partial charge < -0.3 is 41.8 Å². The number of nitrogens with zero attached hydrogens (tertiary/aromatic N) is 3. The number of benzene rings is 1. The number of β-amino-alcohol motifs (C(OH)–C–C–N with tert-alkyl or cyclic N) is 1. The van der Waals surface area contributed by atoms with Gasteiger partial charge in [-0.3, -0.25) is 14.6 Å². The van der Waals surface area contributed by atoms with Crippen molar-refractivity contribution in [3.05, 3.63) is 35.9 Å². The highest BCUT2D eigenvalue weighted by Crippen LogP contribution is 2.23. The summed E-state index contributed by atoms with van der Waals surface area (Å²) in [6.07, 6.45) is -1.59. The van der Waals surface area contributed by atoms with Crippen LogP contribution in [0.5, 0.6) is 0 Å². The fourth-order valence-electron chi connectivity index (χ4n) is 3.69. The van der Waals surface area contributed by atoms with Gasteiger partial charge in [0.1, 0.15) is 25.0 Å². The van der Waals surface area contributed by atoms with Gasteiger partial charge >= 0.3 is 6.09 Å². The lowest BCUT2D eigenvalue weighted by atomic mass is 10.1. The fourth-order valence-corrected chi connectivity index (χ4v) is 3.69. The van der Waals surface area contributed by atoms with Gasteiger partial charge in [-0.25, -0.2) is 9.69 Å². The maximum absolute atomic E-state index is 13.5. The molecule has 0 radical (unpaired) electrons. The molecule has 1 aromatic carbocycles. The molecule has 1 saturated heterocycles. The summed E-state index contributed by atoms with van der Waals surface area (Å²) in [5.41, 5.74) is 16.9. The van der Waals surface area contributed by atoms with Crippen LogP contribution < -0.4 is 17.2 Å². The third-order valence-electron chi connectivity index (χ3n) is 5.44. The van der Waals surface area contributed by atoms with Gasteiger partial charge in [0, 0.05) is 19.5 Å². The van der Waals surface area contributed by atoms with Gasteiger partial charge in [0.05, 0.1) is 18.8 Å². The van der Waals surface area contributed by atoms with Crippen LogP contribution in [0.2, 0.25) is 0 Å². The highest BCUT2D eigenvalue weighted by Gasteiger charge is 2.45. The monoisotopic (exact) mass is 492 g/mol. The molecule has 1 aromatic rings. The van der Waals surface area contributed by atoms with E-state index in [1.54, 1.807) is 30.3 Å². The molecular weight excluding hydrogens is 460 g/mol. The van der Waals surface area contributed by atoms with Gasteiger partial charge in [0.15, 0.2) is 5.96 Å². The van der Waals surface area contributed by atoms with E-state index in [9.17, 15) is 29.4 Å². The van der Waals surface area contributed by atoms with Crippen LogP contribution in [0, 0.1) is 0 Å². The van der Waals surface area contributed by atoms with Crippen molar-refractivity contribution >= 4 is 30.2 Å². The molecule has 0 bridgehead atoms. The summed E-state index contributed by atoms with van der Waals surface area (Å²) in [7, 11) is 0. The number of guanidine groups is 1. The molecule has 0 aliphatic carbocycles. The van der Waals surface area contributed by atoms with E-state index in [-0.39, 0.29) is 44.9 Å². The van der Waals surface area contributed by atoms with E-state index in [1.807, 2.05) is 0 Å². The Morgan fingerprint density at radius 3 is 2.54 bits per heavy atom. The number of likely N-dealkylation sites (tertiary alicyclic amines) is 1. The molecule has 13 nitrogen and oxygen atoms in total. The highest BCUT2D eigenvalue weighted by molar-refractivity contribution is 6.00. The molecular formula is C22H32N6O7. The summed E-state index contributed by atoms with van der Waals surface area (Å²) in [5.74, 6) is -1.82. The van der Waals surface area contributed by atoms with Gasteiger partial charge in [-0.2, -0.15) is 0 Å². The Morgan fingerprint density at radius 2 is 1.94 bits per heavy atom. The SMILES string of the molecule is NC(N)=NCCC[C@@H](C=O)N(C(=O)OCc1ccccc1)C(=O)[C@@H]1CC(O)CN1C(=O)[C@H](N)CO. The van der Waals surface area contributed by atoms with Crippen molar-refractivity contribution in [2.75, 3.05) is 19.7 Å². The molecule has 1 fully saturated rings. The minimum atomic E-state index is -1.31. The molecule has 0 saturated carbocycles. The predicted octanol–water partition coefficient (Wildman–Crippen LogP) is -1.95. The van der Waals surface area contributed by atoms with Crippen LogP contribution in [0.3, 0.4) is 0 Å². The second-order valence-corrected chi connectivity index (χ2v) is 8.09. The topological polar surface area (TPSA) is 215 Å². The molecule has 1 unspecified atom stereocenters. The summed E-state index contributed by atoms with van der Waals surface area (Å²) in [4.78, 5) is 56.5. The molecule has 1 aliphatic heterocycles. The third kappa shape index (κ3) is 7.73. The molecule has 192 valence electrons. The number of aliphatic hydroxyl groups excluding tert-OH is 2. The van der Waals surface area contributed by atoms with Gasteiger partial charge in [-0.1, -0.05) is 30.3 Å². The van der Waals surface area contributed by atoms with Crippen molar-refractivity contribution in [1.29, 1.82) is 0 Å². The number of carbonyl (C=O) groups is 4. The molecule has 0 aromatic heterocycles. The van der Waals surface area contributed by atoms with Crippen molar-refractivity contribution in [2.45, 2.75) is 50.1 Å². The molecule has 2 rings (SSSR count). The van der Waals surface area contributed by atoms with Crippen LogP contribution in [0.1, 0.15) is 24.8 Å². The Balaban J connectivity index is 2.28. The number of ether oxygens (including phenoxy) is 1. The Bertz CT molecular complexity index is 909. The van der Waals surface area contributed by atoms with E-state index in [0.717, 1.165) is 4.90 Å². The quantitative estimate of drug-likeness (QED) is 0.0996. The first-order chi connectivity index (χ1) is 16.7. The first-order valence-electron chi connectivity index (χ1n) is 11.1. The number of aldehydes is 1. The summed E-state index contributed by atoms with van der Waals surface area (Å²) < 4.78 is 5.30. The maximum Gasteiger partial charge on any atom is 0.417 e. The Kier molecular flexibility index (Phi) is 10.6. The van der Waals surface area contributed by atoms with Gasteiger partial charge in [-0.15, -0.1) is 0 Å². The van der Waals surface area contributed by atoms with Crippen LogP contribution in [0.25, 0.3) is 0 Å². The summed E-state index contributed by atoms with van der Waals surface area (Å²) in [6, 6.07) is 4.89. The molecule has 0 spiro atoms. The van der Waals surface area contributed by atoms with E-state index in [1.165, 1.54) is 0 Å². The van der Waals surface area contributed by atoms with E-state index in [2.05, 4.69) is 4.99 Å². The van der Waals surface area contributed by atoms with Crippen molar-refractivity contribution in [1.82, 2.24) is 9.80 Å². The molecule has 13 heteroatoms. The number of carbonyl (C=O) groups excluding carboxylic acids is 4. The Morgan fingerprint density at radius 1 is 1.26 bits per heavy atom. The fraction of sp³-hybridized carbons (Fsp3) is 0.500. The minimum Gasteiger partial charge on any atom is -0.444 e. The van der Waals surface area contributed by atoms with Crippen molar-refractivity contribution in [2.24, 2.45) is 22.2 Å². The zero-order valence-electron chi connectivity index (χ0n) is 19.2. The lowest BCUT2D eigenvalue weighted by molar-refractivity contribution is -0.146. The average Bonchev–Trinajstić information content (AvgIpc) is 3.25. The van der Waals surface area contributed by atoms with E-state index < -0.39 is 48.7 Å². The predicted molar refractivity (Wildman–Crippen MR) is 124 cm³/mol. The lowest BCUT2D eigenvalue weighted by Gasteiger charge is -2.32. The largest absolute Gasteiger partial charge is 0.444 e. The number of nitrogens with two attached hydrogens (primary N) is 3. The third-order valence-corrected chi connectivity index (χ3v) is 5.44. The minimum absolute atomic E-state index is 0.0336. The molecule has 4 atom stereocenters. The molecule has 35 heavy (non-hydrogen) atoms. The number of amides is 3. The maximum atomic E-state index is 13.5. The van der Waals surface area contributed by atoms with Crippen molar-refractivity contribution in [3.8, 4) is 0 Å². The second kappa shape index (κ2) is 13.4. The van der Waals surface area contributed by atoms with Gasteiger partial charge in [-0.05, 0) is 18.4 Å². The first kappa shape index (κ1) is 27.7. The number of hydrogen-bond acceptors (Lipinski definition) is 9. The standard InChI is InChI=1S/C22H32N6O7/c23-17(12-30)19(32)27-10-16(31)9-18(27)20(33)28(15(11-29)7-4-8-26-21(24)25)22(34)35-13-14-5-2-1-3-6-14/h1-3,5-6,11,15-18,30-31H,4,7-10,12-13,23H2,(H4,24,25,26)/t15-,16?,17+,18-/m0/s1. The Hall–Kier alpha value is -3.55. The first-order valence-corrected chi connectivity index (χ1v) is 11.1.